The second kappa shape index (κ2) is 9.42. The average Bonchev–Trinajstić information content (AvgIpc) is 3.09. The SMILES string of the molecule is Cc1ccccc1CNC(=O)COC(=O)[C@H]1CC(=O)N([C@@H]2CCC[C@H](C)[C@@H]2C)C1. The molecule has 3 rings (SSSR count). The van der Waals surface area contributed by atoms with Gasteiger partial charge in [0.1, 0.15) is 0 Å². The van der Waals surface area contributed by atoms with E-state index in [2.05, 4.69) is 19.2 Å². The molecule has 0 aromatic heterocycles. The number of ether oxygens (including phenoxy) is 1. The minimum Gasteiger partial charge on any atom is -0.455 e. The fraction of sp³-hybridized carbons (Fsp3) is 0.609. The number of nitrogens with zero attached hydrogens (tertiary/aromatic N) is 1. The topological polar surface area (TPSA) is 75.7 Å². The summed E-state index contributed by atoms with van der Waals surface area (Å²) >= 11 is 0. The molecule has 158 valence electrons. The number of aryl methyl sites for hydroxylation is 1. The molecule has 29 heavy (non-hydrogen) atoms. The molecule has 2 amide bonds. The first-order chi connectivity index (χ1) is 13.9. The predicted octanol–water partition coefficient (Wildman–Crippen LogP) is 2.83. The van der Waals surface area contributed by atoms with Crippen LogP contribution >= 0.6 is 0 Å². The van der Waals surface area contributed by atoms with E-state index in [9.17, 15) is 14.4 Å². The van der Waals surface area contributed by atoms with Crippen LogP contribution in [0.1, 0.15) is 50.7 Å². The first-order valence-corrected chi connectivity index (χ1v) is 10.6. The monoisotopic (exact) mass is 400 g/mol. The third kappa shape index (κ3) is 5.17. The standard InChI is InChI=1S/C23H32N2O4/c1-15-8-6-10-20(17(15)3)25-13-19(11-22(25)27)23(28)29-14-21(26)24-12-18-9-5-4-7-16(18)2/h4-5,7,9,15,17,19-20H,6,8,10-14H2,1-3H3,(H,24,26)/t15-,17-,19-,20+/m0/s1. The normalized spacial score (nSPS) is 27.0. The number of hydrogen-bond acceptors (Lipinski definition) is 4. The van der Waals surface area contributed by atoms with Crippen LogP contribution in [0.15, 0.2) is 24.3 Å². The fourth-order valence-corrected chi connectivity index (χ4v) is 4.51. The molecule has 0 unspecified atom stereocenters. The van der Waals surface area contributed by atoms with Gasteiger partial charge in [0.25, 0.3) is 5.91 Å². The van der Waals surface area contributed by atoms with Crippen LogP contribution in [0.25, 0.3) is 0 Å². The second-order valence-electron chi connectivity index (χ2n) is 8.59. The summed E-state index contributed by atoms with van der Waals surface area (Å²) in [7, 11) is 0. The van der Waals surface area contributed by atoms with Gasteiger partial charge >= 0.3 is 5.97 Å². The summed E-state index contributed by atoms with van der Waals surface area (Å²) in [5.74, 6) is -0.210. The maximum atomic E-state index is 12.5. The second-order valence-corrected chi connectivity index (χ2v) is 8.59. The molecule has 6 heteroatoms. The van der Waals surface area contributed by atoms with Gasteiger partial charge in [-0.2, -0.15) is 0 Å². The highest BCUT2D eigenvalue weighted by Gasteiger charge is 2.42. The summed E-state index contributed by atoms with van der Waals surface area (Å²) in [4.78, 5) is 38.8. The molecule has 4 atom stereocenters. The van der Waals surface area contributed by atoms with Gasteiger partial charge in [0.2, 0.25) is 5.91 Å². The highest BCUT2D eigenvalue weighted by molar-refractivity contribution is 5.88. The molecular weight excluding hydrogens is 368 g/mol. The van der Waals surface area contributed by atoms with E-state index in [0.717, 1.165) is 24.0 Å². The lowest BCUT2D eigenvalue weighted by Gasteiger charge is -2.39. The van der Waals surface area contributed by atoms with Crippen LogP contribution in [0.4, 0.5) is 0 Å². The number of hydrogen-bond donors (Lipinski definition) is 1. The molecule has 1 N–H and O–H groups in total. The van der Waals surface area contributed by atoms with E-state index in [1.165, 1.54) is 6.42 Å². The van der Waals surface area contributed by atoms with Gasteiger partial charge in [-0.3, -0.25) is 14.4 Å². The van der Waals surface area contributed by atoms with Crippen molar-refractivity contribution in [2.24, 2.45) is 17.8 Å². The third-order valence-electron chi connectivity index (χ3n) is 6.64. The largest absolute Gasteiger partial charge is 0.455 e. The van der Waals surface area contributed by atoms with Gasteiger partial charge in [-0.05, 0) is 36.3 Å². The first kappa shape index (κ1) is 21.3. The van der Waals surface area contributed by atoms with E-state index in [1.54, 1.807) is 0 Å². The lowest BCUT2D eigenvalue weighted by atomic mass is 9.77. The van der Waals surface area contributed by atoms with Crippen molar-refractivity contribution >= 4 is 17.8 Å². The molecule has 2 fully saturated rings. The molecule has 0 bridgehead atoms. The van der Waals surface area contributed by atoms with Crippen LogP contribution in [0.3, 0.4) is 0 Å². The Hall–Kier alpha value is -2.37. The Morgan fingerprint density at radius 1 is 1.21 bits per heavy atom. The van der Waals surface area contributed by atoms with Crippen molar-refractivity contribution in [3.8, 4) is 0 Å². The lowest BCUT2D eigenvalue weighted by Crippen LogP contribution is -2.45. The minimum atomic E-state index is -0.476. The van der Waals surface area contributed by atoms with Crippen molar-refractivity contribution in [2.45, 2.75) is 59.0 Å². The smallest absolute Gasteiger partial charge is 0.311 e. The number of esters is 1. The van der Waals surface area contributed by atoms with Gasteiger partial charge in [0.05, 0.1) is 5.92 Å². The molecule has 1 aromatic rings. The van der Waals surface area contributed by atoms with Crippen molar-refractivity contribution < 1.29 is 19.1 Å². The van der Waals surface area contributed by atoms with Crippen LogP contribution in [0.5, 0.6) is 0 Å². The van der Waals surface area contributed by atoms with Gasteiger partial charge < -0.3 is 15.0 Å². The first-order valence-electron chi connectivity index (χ1n) is 10.6. The Balaban J connectivity index is 1.45. The molecule has 6 nitrogen and oxygen atoms in total. The summed E-state index contributed by atoms with van der Waals surface area (Å²) < 4.78 is 5.21. The zero-order valence-corrected chi connectivity index (χ0v) is 17.6. The van der Waals surface area contributed by atoms with Gasteiger partial charge in [-0.25, -0.2) is 0 Å². The average molecular weight is 401 g/mol. The summed E-state index contributed by atoms with van der Waals surface area (Å²) in [6, 6.07) is 8.02. The van der Waals surface area contributed by atoms with E-state index in [-0.39, 0.29) is 30.9 Å². The molecule has 2 aliphatic rings. The van der Waals surface area contributed by atoms with Crippen LogP contribution in [-0.2, 0) is 25.7 Å². The van der Waals surface area contributed by atoms with E-state index in [1.807, 2.05) is 36.1 Å². The van der Waals surface area contributed by atoms with Gasteiger partial charge in [-0.1, -0.05) is 51.0 Å². The van der Waals surface area contributed by atoms with Crippen molar-refractivity contribution in [3.63, 3.8) is 0 Å². The molecule has 1 aromatic carbocycles. The zero-order chi connectivity index (χ0) is 21.0. The Bertz CT molecular complexity index is 763. The van der Waals surface area contributed by atoms with Crippen molar-refractivity contribution in [3.05, 3.63) is 35.4 Å². The highest BCUT2D eigenvalue weighted by atomic mass is 16.5. The molecule has 1 saturated carbocycles. The molecule has 0 radical (unpaired) electrons. The van der Waals surface area contributed by atoms with Crippen molar-refractivity contribution in [1.29, 1.82) is 0 Å². The number of carbonyl (C=O) groups excluding carboxylic acids is 3. The van der Waals surface area contributed by atoms with Crippen LogP contribution in [-0.4, -0.2) is 41.9 Å². The quantitative estimate of drug-likeness (QED) is 0.745. The van der Waals surface area contributed by atoms with Gasteiger partial charge in [0, 0.05) is 25.6 Å². The lowest BCUT2D eigenvalue weighted by molar-refractivity contribution is -0.152. The van der Waals surface area contributed by atoms with Crippen LogP contribution in [0, 0.1) is 24.7 Å². The van der Waals surface area contributed by atoms with Crippen molar-refractivity contribution in [2.75, 3.05) is 13.2 Å². The molecule has 1 heterocycles. The maximum absolute atomic E-state index is 12.5. The summed E-state index contributed by atoms with van der Waals surface area (Å²) in [6.45, 7) is 6.91. The number of nitrogens with one attached hydrogen (secondary N) is 1. The van der Waals surface area contributed by atoms with E-state index < -0.39 is 11.9 Å². The van der Waals surface area contributed by atoms with Crippen LogP contribution in [0.2, 0.25) is 0 Å². The summed E-state index contributed by atoms with van der Waals surface area (Å²) in [6.07, 6.45) is 3.50. The molecule has 1 aliphatic heterocycles. The van der Waals surface area contributed by atoms with Crippen molar-refractivity contribution in [1.82, 2.24) is 10.2 Å². The van der Waals surface area contributed by atoms with Gasteiger partial charge in [0.15, 0.2) is 6.61 Å². The molecule has 0 spiro atoms. The third-order valence-corrected chi connectivity index (χ3v) is 6.64. The number of likely N-dealkylation sites (tertiary alicyclic amines) is 1. The van der Waals surface area contributed by atoms with E-state index in [4.69, 9.17) is 4.74 Å². The number of benzene rings is 1. The number of amides is 2. The van der Waals surface area contributed by atoms with Crippen LogP contribution < -0.4 is 5.32 Å². The van der Waals surface area contributed by atoms with E-state index in [0.29, 0.717) is 24.9 Å². The van der Waals surface area contributed by atoms with E-state index >= 15 is 0 Å². The zero-order valence-electron chi connectivity index (χ0n) is 17.6. The Labute approximate surface area is 173 Å². The Morgan fingerprint density at radius 2 is 1.97 bits per heavy atom. The summed E-state index contributed by atoms with van der Waals surface area (Å²) in [5.41, 5.74) is 2.13. The molecule has 1 saturated heterocycles. The molecular formula is C23H32N2O4. The fourth-order valence-electron chi connectivity index (χ4n) is 4.51. The Kier molecular flexibility index (Phi) is 6.93. The van der Waals surface area contributed by atoms with Gasteiger partial charge in [-0.15, -0.1) is 0 Å². The number of rotatable bonds is 6. The Morgan fingerprint density at radius 3 is 2.72 bits per heavy atom. The minimum absolute atomic E-state index is 0.0295. The highest BCUT2D eigenvalue weighted by Crippen LogP contribution is 2.35. The predicted molar refractivity (Wildman–Crippen MR) is 110 cm³/mol. The molecule has 1 aliphatic carbocycles. The number of carbonyl (C=O) groups is 3. The summed E-state index contributed by atoms with van der Waals surface area (Å²) in [5, 5.41) is 2.77. The maximum Gasteiger partial charge on any atom is 0.311 e.